The van der Waals surface area contributed by atoms with Crippen molar-refractivity contribution in [3.8, 4) is 11.3 Å². The Morgan fingerprint density at radius 1 is 1.11 bits per heavy atom. The number of hydrogen-bond donors (Lipinski definition) is 2. The van der Waals surface area contributed by atoms with E-state index in [1.54, 1.807) is 22.1 Å². The SMILES string of the molecule is CC(=O)Nc1ccc(-c2csc(NC(=O)CCn3c(C)csc3=O)n2)cc1. The first-order chi connectivity index (χ1) is 12.9. The Hall–Kier alpha value is -2.78. The molecule has 0 radical (unpaired) electrons. The monoisotopic (exact) mass is 402 g/mol. The van der Waals surface area contributed by atoms with Crippen LogP contribution in [0.5, 0.6) is 0 Å². The van der Waals surface area contributed by atoms with Gasteiger partial charge in [-0.15, -0.1) is 11.3 Å². The van der Waals surface area contributed by atoms with Crippen LogP contribution in [0.2, 0.25) is 0 Å². The van der Waals surface area contributed by atoms with Crippen molar-refractivity contribution in [2.24, 2.45) is 0 Å². The van der Waals surface area contributed by atoms with Crippen LogP contribution in [-0.4, -0.2) is 21.4 Å². The summed E-state index contributed by atoms with van der Waals surface area (Å²) in [5.74, 6) is -0.310. The zero-order chi connectivity index (χ0) is 19.4. The minimum atomic E-state index is -0.186. The first-order valence-corrected chi connectivity index (χ1v) is 9.96. The lowest BCUT2D eigenvalue weighted by atomic mass is 10.1. The summed E-state index contributed by atoms with van der Waals surface area (Å²) in [6.45, 7) is 3.66. The average molecular weight is 403 g/mol. The third-order valence-electron chi connectivity index (χ3n) is 3.79. The number of amides is 2. The maximum absolute atomic E-state index is 12.1. The maximum Gasteiger partial charge on any atom is 0.307 e. The molecule has 2 amide bonds. The smallest absolute Gasteiger partial charge is 0.307 e. The minimum absolute atomic E-state index is 0.0560. The molecule has 0 saturated carbocycles. The molecule has 7 nitrogen and oxygen atoms in total. The number of aromatic nitrogens is 2. The van der Waals surface area contributed by atoms with Gasteiger partial charge in [-0.05, 0) is 19.1 Å². The second-order valence-electron chi connectivity index (χ2n) is 5.89. The summed E-state index contributed by atoms with van der Waals surface area (Å²) in [5, 5.41) is 9.63. The molecule has 3 rings (SSSR count). The van der Waals surface area contributed by atoms with E-state index in [0.29, 0.717) is 17.4 Å². The van der Waals surface area contributed by atoms with Gasteiger partial charge in [-0.3, -0.25) is 14.4 Å². The number of thiazole rings is 2. The van der Waals surface area contributed by atoms with Crippen molar-refractivity contribution in [2.45, 2.75) is 26.8 Å². The van der Waals surface area contributed by atoms with Gasteiger partial charge < -0.3 is 15.2 Å². The van der Waals surface area contributed by atoms with Gasteiger partial charge in [0.2, 0.25) is 11.8 Å². The third-order valence-corrected chi connectivity index (χ3v) is 5.43. The molecule has 0 aliphatic carbocycles. The second kappa shape index (κ2) is 8.28. The molecular formula is C18H18N4O3S2. The van der Waals surface area contributed by atoms with Crippen LogP contribution in [0.1, 0.15) is 19.0 Å². The zero-order valence-electron chi connectivity index (χ0n) is 14.8. The van der Waals surface area contributed by atoms with Crippen LogP contribution in [0.25, 0.3) is 11.3 Å². The normalized spacial score (nSPS) is 10.6. The molecule has 0 unspecified atom stereocenters. The van der Waals surface area contributed by atoms with Crippen LogP contribution >= 0.6 is 22.7 Å². The Balaban J connectivity index is 1.59. The van der Waals surface area contributed by atoms with E-state index in [4.69, 9.17) is 0 Å². The van der Waals surface area contributed by atoms with Gasteiger partial charge in [0, 0.05) is 47.6 Å². The van der Waals surface area contributed by atoms with E-state index in [9.17, 15) is 14.4 Å². The van der Waals surface area contributed by atoms with Crippen LogP contribution in [0.4, 0.5) is 10.8 Å². The van der Waals surface area contributed by atoms with Crippen LogP contribution in [0.15, 0.2) is 39.8 Å². The first kappa shape index (κ1) is 19.0. The van der Waals surface area contributed by atoms with E-state index in [2.05, 4.69) is 15.6 Å². The molecule has 2 N–H and O–H groups in total. The number of hydrogen-bond acceptors (Lipinski definition) is 6. The lowest BCUT2D eigenvalue weighted by Crippen LogP contribution is -2.20. The molecule has 9 heteroatoms. The van der Waals surface area contributed by atoms with E-state index in [1.165, 1.54) is 18.3 Å². The van der Waals surface area contributed by atoms with Gasteiger partial charge in [0.05, 0.1) is 5.69 Å². The number of anilines is 2. The minimum Gasteiger partial charge on any atom is -0.326 e. The van der Waals surface area contributed by atoms with E-state index < -0.39 is 0 Å². The Labute approximate surface area is 163 Å². The predicted molar refractivity (Wildman–Crippen MR) is 108 cm³/mol. The number of nitrogens with zero attached hydrogens (tertiary/aromatic N) is 2. The number of aryl methyl sites for hydroxylation is 1. The highest BCUT2D eigenvalue weighted by Crippen LogP contribution is 2.26. The van der Waals surface area contributed by atoms with E-state index in [1.807, 2.05) is 24.4 Å². The molecule has 27 heavy (non-hydrogen) atoms. The van der Waals surface area contributed by atoms with Gasteiger partial charge >= 0.3 is 4.87 Å². The third kappa shape index (κ3) is 4.89. The first-order valence-electron chi connectivity index (χ1n) is 8.20. The highest BCUT2D eigenvalue weighted by Gasteiger charge is 2.10. The number of benzene rings is 1. The Morgan fingerprint density at radius 2 is 1.85 bits per heavy atom. The van der Waals surface area contributed by atoms with Crippen molar-refractivity contribution in [1.82, 2.24) is 9.55 Å². The quantitative estimate of drug-likeness (QED) is 0.661. The van der Waals surface area contributed by atoms with Crippen LogP contribution in [0, 0.1) is 6.92 Å². The molecule has 3 aromatic rings. The van der Waals surface area contributed by atoms with E-state index in [-0.39, 0.29) is 23.1 Å². The molecule has 2 heterocycles. The molecule has 0 fully saturated rings. The molecule has 0 spiro atoms. The summed E-state index contributed by atoms with van der Waals surface area (Å²) in [6.07, 6.45) is 0.206. The van der Waals surface area contributed by atoms with E-state index >= 15 is 0 Å². The molecule has 0 aliphatic heterocycles. The number of carbonyl (C=O) groups excluding carboxylic acids is 2. The van der Waals surface area contributed by atoms with Gasteiger partial charge in [-0.2, -0.15) is 0 Å². The van der Waals surface area contributed by atoms with Crippen LogP contribution in [0.3, 0.4) is 0 Å². The molecule has 0 bridgehead atoms. The van der Waals surface area contributed by atoms with Gasteiger partial charge in [-0.25, -0.2) is 4.98 Å². The Bertz CT molecular complexity index is 1020. The second-order valence-corrected chi connectivity index (χ2v) is 7.57. The zero-order valence-corrected chi connectivity index (χ0v) is 16.4. The predicted octanol–water partition coefficient (Wildman–Crippen LogP) is 3.33. The van der Waals surface area contributed by atoms with E-state index in [0.717, 1.165) is 28.3 Å². The molecule has 140 valence electrons. The van der Waals surface area contributed by atoms with Gasteiger partial charge in [0.25, 0.3) is 0 Å². The topological polar surface area (TPSA) is 93.1 Å². The fourth-order valence-electron chi connectivity index (χ4n) is 2.46. The summed E-state index contributed by atoms with van der Waals surface area (Å²) in [5.41, 5.74) is 3.21. The van der Waals surface area contributed by atoms with Crippen LogP contribution in [-0.2, 0) is 16.1 Å². The van der Waals surface area contributed by atoms with Gasteiger partial charge in [0.15, 0.2) is 5.13 Å². The lowest BCUT2D eigenvalue weighted by molar-refractivity contribution is -0.116. The fraction of sp³-hybridized carbons (Fsp3) is 0.222. The molecule has 1 aromatic carbocycles. The van der Waals surface area contributed by atoms with Crippen LogP contribution < -0.4 is 15.5 Å². The highest BCUT2D eigenvalue weighted by molar-refractivity contribution is 7.14. The summed E-state index contributed by atoms with van der Waals surface area (Å²) in [6, 6.07) is 7.32. The number of carbonyl (C=O) groups is 2. The largest absolute Gasteiger partial charge is 0.326 e. The Kier molecular flexibility index (Phi) is 5.82. The van der Waals surface area contributed by atoms with Gasteiger partial charge in [0.1, 0.15) is 0 Å². The van der Waals surface area contributed by atoms with Crippen molar-refractivity contribution in [3.05, 3.63) is 50.4 Å². The van der Waals surface area contributed by atoms with Crippen molar-refractivity contribution < 1.29 is 9.59 Å². The standard InChI is InChI=1S/C18H18N4O3S2/c1-11-9-27-18(25)22(11)8-7-16(24)21-17-20-15(10-26-17)13-3-5-14(6-4-13)19-12(2)23/h3-6,9-10H,7-8H2,1-2H3,(H,19,23)(H,20,21,24). The van der Waals surface area contributed by atoms with Crippen molar-refractivity contribution >= 4 is 45.3 Å². The number of rotatable bonds is 6. The highest BCUT2D eigenvalue weighted by atomic mass is 32.1. The maximum atomic E-state index is 12.1. The summed E-state index contributed by atoms with van der Waals surface area (Å²) in [4.78, 5) is 39.2. The molecular weight excluding hydrogens is 384 g/mol. The molecule has 0 saturated heterocycles. The molecule has 2 aromatic heterocycles. The molecule has 0 atom stereocenters. The van der Waals surface area contributed by atoms with Crippen molar-refractivity contribution in [2.75, 3.05) is 10.6 Å². The van der Waals surface area contributed by atoms with Gasteiger partial charge in [-0.1, -0.05) is 23.5 Å². The van der Waals surface area contributed by atoms with Crippen molar-refractivity contribution in [3.63, 3.8) is 0 Å². The van der Waals surface area contributed by atoms with Crippen molar-refractivity contribution in [1.29, 1.82) is 0 Å². The fourth-order valence-corrected chi connectivity index (χ4v) is 3.96. The summed E-state index contributed by atoms with van der Waals surface area (Å²) in [7, 11) is 0. The number of nitrogens with one attached hydrogen (secondary N) is 2. The summed E-state index contributed by atoms with van der Waals surface area (Å²) >= 11 is 2.47. The molecule has 0 aliphatic rings. The lowest BCUT2D eigenvalue weighted by Gasteiger charge is -2.04. The summed E-state index contributed by atoms with van der Waals surface area (Å²) < 4.78 is 1.59. The Morgan fingerprint density at radius 3 is 2.48 bits per heavy atom. The average Bonchev–Trinajstić information content (AvgIpc) is 3.20.